The third-order valence-corrected chi connectivity index (χ3v) is 2.77. The molecule has 5 nitrogen and oxygen atoms in total. The molecule has 5 heteroatoms. The van der Waals surface area contributed by atoms with E-state index in [0.717, 1.165) is 11.5 Å². The summed E-state index contributed by atoms with van der Waals surface area (Å²) in [6.07, 6.45) is 3.51. The van der Waals surface area contributed by atoms with E-state index in [1.165, 1.54) is 0 Å². The molecule has 2 atom stereocenters. The van der Waals surface area contributed by atoms with Crippen molar-refractivity contribution in [3.63, 3.8) is 0 Å². The van der Waals surface area contributed by atoms with E-state index in [9.17, 15) is 0 Å². The maximum Gasteiger partial charge on any atom is 0.149 e. The molecule has 0 radical (unpaired) electrons. The standard InChI is InChI=1S/C12H17N5/c1-9(11-6-4-5-7-13-11)15-10(2)12-16-14-8-17(12)3/h4-10,15H,1-3H3. The fraction of sp³-hybridized carbons (Fsp3) is 0.417. The molecule has 0 aliphatic heterocycles. The quantitative estimate of drug-likeness (QED) is 0.868. The molecule has 2 unspecified atom stereocenters. The van der Waals surface area contributed by atoms with Gasteiger partial charge in [0.05, 0.1) is 11.7 Å². The highest BCUT2D eigenvalue weighted by Crippen LogP contribution is 2.15. The molecule has 17 heavy (non-hydrogen) atoms. The second-order valence-corrected chi connectivity index (χ2v) is 4.16. The van der Waals surface area contributed by atoms with Crippen LogP contribution in [0.4, 0.5) is 0 Å². The largest absolute Gasteiger partial charge is 0.319 e. The lowest BCUT2D eigenvalue weighted by atomic mass is 10.2. The minimum atomic E-state index is 0.138. The van der Waals surface area contributed by atoms with Gasteiger partial charge in [0.2, 0.25) is 0 Å². The van der Waals surface area contributed by atoms with Gasteiger partial charge in [0, 0.05) is 19.3 Å². The Morgan fingerprint density at radius 1 is 1.24 bits per heavy atom. The lowest BCUT2D eigenvalue weighted by Crippen LogP contribution is -2.25. The summed E-state index contributed by atoms with van der Waals surface area (Å²) in [4.78, 5) is 4.33. The number of aryl methyl sites for hydroxylation is 1. The SMILES string of the molecule is CC(NC(C)c1nncn1C)c1ccccn1. The van der Waals surface area contributed by atoms with Gasteiger partial charge in [0.1, 0.15) is 12.2 Å². The molecular weight excluding hydrogens is 214 g/mol. The predicted molar refractivity (Wildman–Crippen MR) is 65.2 cm³/mol. The average molecular weight is 231 g/mol. The van der Waals surface area contributed by atoms with Crippen LogP contribution in [0.3, 0.4) is 0 Å². The van der Waals surface area contributed by atoms with E-state index in [1.807, 2.05) is 29.8 Å². The molecular formula is C12H17N5. The number of pyridine rings is 1. The first-order valence-electron chi connectivity index (χ1n) is 5.69. The smallest absolute Gasteiger partial charge is 0.149 e. The summed E-state index contributed by atoms with van der Waals surface area (Å²) in [5.41, 5.74) is 1.03. The van der Waals surface area contributed by atoms with E-state index in [2.05, 4.69) is 34.3 Å². The summed E-state index contributed by atoms with van der Waals surface area (Å²) in [7, 11) is 1.94. The summed E-state index contributed by atoms with van der Waals surface area (Å²) in [6.45, 7) is 4.17. The minimum absolute atomic E-state index is 0.138. The first-order chi connectivity index (χ1) is 8.18. The van der Waals surface area contributed by atoms with E-state index in [0.29, 0.717) is 0 Å². The summed E-state index contributed by atoms with van der Waals surface area (Å²) >= 11 is 0. The van der Waals surface area contributed by atoms with Gasteiger partial charge in [-0.25, -0.2) is 0 Å². The second-order valence-electron chi connectivity index (χ2n) is 4.16. The van der Waals surface area contributed by atoms with E-state index >= 15 is 0 Å². The van der Waals surface area contributed by atoms with Crippen molar-refractivity contribution in [2.45, 2.75) is 25.9 Å². The molecule has 90 valence electrons. The fourth-order valence-corrected chi connectivity index (χ4v) is 1.85. The Morgan fingerprint density at radius 3 is 2.65 bits per heavy atom. The maximum absolute atomic E-state index is 4.33. The van der Waals surface area contributed by atoms with Crippen LogP contribution in [0, 0.1) is 0 Å². The minimum Gasteiger partial charge on any atom is -0.319 e. The fourth-order valence-electron chi connectivity index (χ4n) is 1.85. The molecule has 0 saturated heterocycles. The molecule has 2 heterocycles. The van der Waals surface area contributed by atoms with Gasteiger partial charge in [-0.1, -0.05) is 6.07 Å². The van der Waals surface area contributed by atoms with Crippen molar-refractivity contribution in [3.8, 4) is 0 Å². The maximum atomic E-state index is 4.33. The first-order valence-corrected chi connectivity index (χ1v) is 5.69. The van der Waals surface area contributed by atoms with Crippen molar-refractivity contribution in [1.29, 1.82) is 0 Å². The molecule has 0 spiro atoms. The highest BCUT2D eigenvalue weighted by Gasteiger charge is 2.15. The molecule has 0 bridgehead atoms. The Balaban J connectivity index is 2.05. The van der Waals surface area contributed by atoms with Crippen LogP contribution in [-0.2, 0) is 7.05 Å². The Labute approximate surface area is 101 Å². The van der Waals surface area contributed by atoms with E-state index < -0.39 is 0 Å². The van der Waals surface area contributed by atoms with Crippen molar-refractivity contribution in [2.24, 2.45) is 7.05 Å². The van der Waals surface area contributed by atoms with Gasteiger partial charge < -0.3 is 4.57 Å². The molecule has 2 aromatic rings. The van der Waals surface area contributed by atoms with Crippen LogP contribution >= 0.6 is 0 Å². The zero-order chi connectivity index (χ0) is 12.3. The van der Waals surface area contributed by atoms with Crippen LogP contribution in [0.25, 0.3) is 0 Å². The monoisotopic (exact) mass is 231 g/mol. The highest BCUT2D eigenvalue weighted by atomic mass is 15.3. The van der Waals surface area contributed by atoms with E-state index in [4.69, 9.17) is 0 Å². The number of aromatic nitrogens is 4. The first kappa shape index (κ1) is 11.7. The topological polar surface area (TPSA) is 55.6 Å². The Hall–Kier alpha value is -1.75. The zero-order valence-corrected chi connectivity index (χ0v) is 10.3. The van der Waals surface area contributed by atoms with Crippen LogP contribution < -0.4 is 5.32 Å². The van der Waals surface area contributed by atoms with Crippen LogP contribution in [0.15, 0.2) is 30.7 Å². The number of hydrogen-bond acceptors (Lipinski definition) is 4. The highest BCUT2D eigenvalue weighted by molar-refractivity contribution is 5.08. The number of hydrogen-bond donors (Lipinski definition) is 1. The number of rotatable bonds is 4. The third-order valence-electron chi connectivity index (χ3n) is 2.77. The Kier molecular flexibility index (Phi) is 3.49. The van der Waals surface area contributed by atoms with E-state index in [1.54, 1.807) is 12.5 Å². The van der Waals surface area contributed by atoms with Crippen LogP contribution in [0.1, 0.15) is 37.4 Å². The number of nitrogens with zero attached hydrogens (tertiary/aromatic N) is 4. The lowest BCUT2D eigenvalue weighted by molar-refractivity contribution is 0.459. The van der Waals surface area contributed by atoms with E-state index in [-0.39, 0.29) is 12.1 Å². The van der Waals surface area contributed by atoms with Gasteiger partial charge in [0.15, 0.2) is 0 Å². The Bertz CT molecular complexity index is 465. The second kappa shape index (κ2) is 5.05. The third kappa shape index (κ3) is 2.68. The molecule has 0 fully saturated rings. The van der Waals surface area contributed by atoms with Crippen molar-refractivity contribution < 1.29 is 0 Å². The van der Waals surface area contributed by atoms with Gasteiger partial charge in [-0.15, -0.1) is 10.2 Å². The van der Waals surface area contributed by atoms with Gasteiger partial charge in [0.25, 0.3) is 0 Å². The lowest BCUT2D eigenvalue weighted by Gasteiger charge is -2.18. The molecule has 2 aromatic heterocycles. The van der Waals surface area contributed by atoms with Gasteiger partial charge in [-0.3, -0.25) is 10.3 Å². The van der Waals surface area contributed by atoms with Crippen molar-refractivity contribution in [1.82, 2.24) is 25.1 Å². The number of nitrogens with one attached hydrogen (secondary N) is 1. The molecule has 0 aliphatic rings. The van der Waals surface area contributed by atoms with Crippen molar-refractivity contribution in [2.75, 3.05) is 0 Å². The molecule has 0 aromatic carbocycles. The summed E-state index contributed by atoms with van der Waals surface area (Å²) in [5.74, 6) is 0.924. The van der Waals surface area contributed by atoms with Crippen LogP contribution in [0.5, 0.6) is 0 Å². The molecule has 0 saturated carbocycles. The van der Waals surface area contributed by atoms with Gasteiger partial charge in [-0.2, -0.15) is 0 Å². The van der Waals surface area contributed by atoms with Crippen molar-refractivity contribution >= 4 is 0 Å². The normalized spacial score (nSPS) is 14.5. The van der Waals surface area contributed by atoms with Crippen molar-refractivity contribution in [3.05, 3.63) is 42.2 Å². The van der Waals surface area contributed by atoms with Gasteiger partial charge in [-0.05, 0) is 26.0 Å². The van der Waals surface area contributed by atoms with Gasteiger partial charge >= 0.3 is 0 Å². The predicted octanol–water partition coefficient (Wildman–Crippen LogP) is 1.62. The summed E-state index contributed by atoms with van der Waals surface area (Å²) < 4.78 is 1.92. The summed E-state index contributed by atoms with van der Waals surface area (Å²) in [5, 5.41) is 11.4. The van der Waals surface area contributed by atoms with Crippen LogP contribution in [-0.4, -0.2) is 19.7 Å². The Morgan fingerprint density at radius 2 is 2.06 bits per heavy atom. The molecule has 0 amide bonds. The zero-order valence-electron chi connectivity index (χ0n) is 10.3. The molecule has 2 rings (SSSR count). The molecule has 1 N–H and O–H groups in total. The summed E-state index contributed by atoms with van der Waals surface area (Å²) in [6, 6.07) is 6.25. The van der Waals surface area contributed by atoms with Crippen LogP contribution in [0.2, 0.25) is 0 Å². The average Bonchev–Trinajstić information content (AvgIpc) is 2.76. The molecule has 0 aliphatic carbocycles.